The number of benzene rings is 1. The van der Waals surface area contributed by atoms with E-state index in [9.17, 15) is 0 Å². The Labute approximate surface area is 112 Å². The molecule has 1 aromatic carbocycles. The van der Waals surface area contributed by atoms with Crippen molar-refractivity contribution in [2.24, 2.45) is 0 Å². The van der Waals surface area contributed by atoms with Crippen LogP contribution in [0.1, 0.15) is 22.0 Å². The Hall–Kier alpha value is -1.32. The molecule has 0 aliphatic carbocycles. The second-order valence-corrected chi connectivity index (χ2v) is 5.65. The second kappa shape index (κ2) is 4.75. The topological polar surface area (TPSA) is 21.3 Å². The van der Waals surface area contributed by atoms with Gasteiger partial charge in [0.1, 0.15) is 11.9 Å². The van der Waals surface area contributed by atoms with Crippen LogP contribution in [0.4, 0.5) is 0 Å². The standard InChI is InChI=1S/C15H17NOS/c1-10-7-8-18-15(10)14(16-2)13-9-11-5-3-4-6-12(11)17-13/h3-8,13-14,16H,9H2,1-2H3. The Kier molecular flexibility index (Phi) is 3.10. The van der Waals surface area contributed by atoms with Crippen LogP contribution in [-0.2, 0) is 6.42 Å². The van der Waals surface area contributed by atoms with E-state index in [4.69, 9.17) is 4.74 Å². The van der Waals surface area contributed by atoms with E-state index in [0.29, 0.717) is 0 Å². The zero-order valence-electron chi connectivity index (χ0n) is 10.6. The molecule has 0 fully saturated rings. The molecule has 0 bridgehead atoms. The zero-order valence-corrected chi connectivity index (χ0v) is 11.5. The third kappa shape index (κ3) is 1.93. The van der Waals surface area contributed by atoms with E-state index >= 15 is 0 Å². The van der Waals surface area contributed by atoms with Gasteiger partial charge in [-0.1, -0.05) is 18.2 Å². The molecule has 0 saturated heterocycles. The number of thiophene rings is 1. The maximum Gasteiger partial charge on any atom is 0.123 e. The first-order valence-corrected chi connectivity index (χ1v) is 7.13. The van der Waals surface area contributed by atoms with Gasteiger partial charge in [0.2, 0.25) is 0 Å². The van der Waals surface area contributed by atoms with E-state index in [2.05, 4.69) is 41.9 Å². The fourth-order valence-electron chi connectivity index (χ4n) is 2.58. The lowest BCUT2D eigenvalue weighted by atomic mass is 10.0. The molecular weight excluding hydrogens is 242 g/mol. The Morgan fingerprint density at radius 3 is 2.83 bits per heavy atom. The zero-order chi connectivity index (χ0) is 12.5. The minimum Gasteiger partial charge on any atom is -0.488 e. The number of aryl methyl sites for hydroxylation is 1. The molecule has 2 unspecified atom stereocenters. The lowest BCUT2D eigenvalue weighted by Crippen LogP contribution is -2.32. The third-order valence-corrected chi connectivity index (χ3v) is 4.64. The van der Waals surface area contributed by atoms with Gasteiger partial charge >= 0.3 is 0 Å². The number of hydrogen-bond donors (Lipinski definition) is 1. The van der Waals surface area contributed by atoms with Crippen LogP contribution < -0.4 is 10.1 Å². The summed E-state index contributed by atoms with van der Waals surface area (Å²) in [5, 5.41) is 5.56. The predicted octanol–water partition coefficient (Wildman–Crippen LogP) is 3.32. The molecule has 0 spiro atoms. The Morgan fingerprint density at radius 2 is 2.17 bits per heavy atom. The Bertz CT molecular complexity index is 524. The molecule has 0 saturated carbocycles. The van der Waals surface area contributed by atoms with Gasteiger partial charge in [0, 0.05) is 11.3 Å². The van der Waals surface area contributed by atoms with E-state index in [1.165, 1.54) is 16.0 Å². The summed E-state index contributed by atoms with van der Waals surface area (Å²) in [5.41, 5.74) is 2.66. The van der Waals surface area contributed by atoms with Gasteiger partial charge in [-0.2, -0.15) is 0 Å². The van der Waals surface area contributed by atoms with Crippen molar-refractivity contribution in [1.82, 2.24) is 5.32 Å². The molecule has 1 aromatic heterocycles. The van der Waals surface area contributed by atoms with Gasteiger partial charge in [-0.3, -0.25) is 0 Å². The van der Waals surface area contributed by atoms with Crippen molar-refractivity contribution < 1.29 is 4.74 Å². The number of ether oxygens (including phenoxy) is 1. The highest BCUT2D eigenvalue weighted by Gasteiger charge is 2.31. The molecule has 0 radical (unpaired) electrons. The summed E-state index contributed by atoms with van der Waals surface area (Å²) in [6.07, 6.45) is 1.18. The Morgan fingerprint density at radius 1 is 1.33 bits per heavy atom. The molecule has 1 aliphatic heterocycles. The van der Waals surface area contributed by atoms with Crippen molar-refractivity contribution in [2.75, 3.05) is 7.05 Å². The van der Waals surface area contributed by atoms with Crippen LogP contribution in [0, 0.1) is 6.92 Å². The molecule has 2 nitrogen and oxygen atoms in total. The summed E-state index contributed by atoms with van der Waals surface area (Å²) in [6.45, 7) is 2.16. The minimum absolute atomic E-state index is 0.199. The van der Waals surface area contributed by atoms with Crippen LogP contribution in [0.3, 0.4) is 0 Å². The van der Waals surface area contributed by atoms with Gasteiger partial charge in [0.25, 0.3) is 0 Å². The highest BCUT2D eigenvalue weighted by molar-refractivity contribution is 7.10. The number of likely N-dealkylation sites (N-methyl/N-ethyl adjacent to an activating group) is 1. The molecule has 0 amide bonds. The summed E-state index contributed by atoms with van der Waals surface area (Å²) in [7, 11) is 2.01. The lowest BCUT2D eigenvalue weighted by Gasteiger charge is -2.22. The maximum atomic E-state index is 6.08. The van der Waals surface area contributed by atoms with Crippen molar-refractivity contribution in [1.29, 1.82) is 0 Å². The number of fused-ring (bicyclic) bond motifs is 1. The summed E-state index contributed by atoms with van der Waals surface area (Å²) < 4.78 is 6.08. The summed E-state index contributed by atoms with van der Waals surface area (Å²) in [4.78, 5) is 1.38. The van der Waals surface area contributed by atoms with Crippen molar-refractivity contribution in [3.63, 3.8) is 0 Å². The summed E-state index contributed by atoms with van der Waals surface area (Å²) >= 11 is 1.81. The number of rotatable bonds is 3. The van der Waals surface area contributed by atoms with Gasteiger partial charge in [-0.05, 0) is 42.6 Å². The van der Waals surface area contributed by atoms with Crippen LogP contribution in [0.15, 0.2) is 35.7 Å². The molecule has 94 valence electrons. The highest BCUT2D eigenvalue weighted by atomic mass is 32.1. The molecule has 3 rings (SSSR count). The van der Waals surface area contributed by atoms with Gasteiger partial charge in [0.05, 0.1) is 6.04 Å². The first-order chi connectivity index (χ1) is 8.79. The maximum absolute atomic E-state index is 6.08. The number of hydrogen-bond acceptors (Lipinski definition) is 3. The average Bonchev–Trinajstić information content (AvgIpc) is 2.97. The quantitative estimate of drug-likeness (QED) is 0.913. The van der Waals surface area contributed by atoms with Gasteiger partial charge in [-0.15, -0.1) is 11.3 Å². The molecule has 3 heteroatoms. The monoisotopic (exact) mass is 259 g/mol. The van der Waals surface area contributed by atoms with Crippen LogP contribution in [-0.4, -0.2) is 13.2 Å². The summed E-state index contributed by atoms with van der Waals surface area (Å²) in [5.74, 6) is 1.04. The highest BCUT2D eigenvalue weighted by Crippen LogP contribution is 2.36. The fourth-order valence-corrected chi connectivity index (χ4v) is 3.67. The average molecular weight is 259 g/mol. The third-order valence-electron chi connectivity index (χ3n) is 3.54. The van der Waals surface area contributed by atoms with Crippen LogP contribution in [0.2, 0.25) is 0 Å². The predicted molar refractivity (Wildman–Crippen MR) is 75.4 cm³/mol. The van der Waals surface area contributed by atoms with Crippen molar-refractivity contribution in [3.8, 4) is 5.75 Å². The van der Waals surface area contributed by atoms with Crippen LogP contribution in [0.5, 0.6) is 5.75 Å². The van der Waals surface area contributed by atoms with Gasteiger partial charge in [0.15, 0.2) is 0 Å². The second-order valence-electron chi connectivity index (χ2n) is 4.70. The summed E-state index contributed by atoms with van der Waals surface area (Å²) in [6, 6.07) is 10.8. The number of para-hydroxylation sites is 1. The van der Waals surface area contributed by atoms with E-state index in [1.54, 1.807) is 11.3 Å². The fraction of sp³-hybridized carbons (Fsp3) is 0.333. The van der Waals surface area contributed by atoms with E-state index in [1.807, 2.05) is 13.1 Å². The minimum atomic E-state index is 0.199. The van der Waals surface area contributed by atoms with Gasteiger partial charge < -0.3 is 10.1 Å². The first-order valence-electron chi connectivity index (χ1n) is 6.25. The van der Waals surface area contributed by atoms with E-state index in [0.717, 1.165) is 12.2 Å². The van der Waals surface area contributed by atoms with E-state index < -0.39 is 0 Å². The van der Waals surface area contributed by atoms with Crippen LogP contribution in [0.25, 0.3) is 0 Å². The molecule has 1 N–H and O–H groups in total. The van der Waals surface area contributed by atoms with Crippen molar-refractivity contribution in [2.45, 2.75) is 25.5 Å². The number of nitrogens with one attached hydrogen (secondary N) is 1. The molecular formula is C15H17NOS. The van der Waals surface area contributed by atoms with Crippen molar-refractivity contribution in [3.05, 3.63) is 51.7 Å². The molecule has 2 aromatic rings. The largest absolute Gasteiger partial charge is 0.488 e. The van der Waals surface area contributed by atoms with Crippen LogP contribution >= 0.6 is 11.3 Å². The SMILES string of the molecule is CNC(c1sccc1C)C1Cc2ccccc2O1. The smallest absolute Gasteiger partial charge is 0.123 e. The Balaban J connectivity index is 1.86. The van der Waals surface area contributed by atoms with Gasteiger partial charge in [-0.25, -0.2) is 0 Å². The molecule has 18 heavy (non-hydrogen) atoms. The van der Waals surface area contributed by atoms with E-state index in [-0.39, 0.29) is 12.1 Å². The molecule has 1 aliphatic rings. The first kappa shape index (κ1) is 11.8. The van der Waals surface area contributed by atoms with Crippen molar-refractivity contribution >= 4 is 11.3 Å². The normalized spacial score (nSPS) is 19.3. The lowest BCUT2D eigenvalue weighted by molar-refractivity contribution is 0.185. The molecule has 2 atom stereocenters. The molecule has 2 heterocycles.